The Bertz CT molecular complexity index is 1300. The summed E-state index contributed by atoms with van der Waals surface area (Å²) in [4.78, 5) is 9.42. The molecule has 33 heavy (non-hydrogen) atoms. The average molecular weight is 442 g/mol. The lowest BCUT2D eigenvalue weighted by atomic mass is 9.80. The summed E-state index contributed by atoms with van der Waals surface area (Å²) in [5.41, 5.74) is 4.97. The molecule has 0 spiro atoms. The van der Waals surface area contributed by atoms with Gasteiger partial charge in [0.1, 0.15) is 0 Å². The van der Waals surface area contributed by atoms with Crippen LogP contribution in [0.15, 0.2) is 49.3 Å². The van der Waals surface area contributed by atoms with Gasteiger partial charge in [-0.25, -0.2) is 4.52 Å². The fourth-order valence-corrected chi connectivity index (χ4v) is 4.68. The van der Waals surface area contributed by atoms with E-state index in [-0.39, 0.29) is 5.92 Å². The molecule has 1 fully saturated rings. The van der Waals surface area contributed by atoms with E-state index in [1.807, 2.05) is 41.6 Å². The minimum Gasteiger partial charge on any atom is -0.389 e. The van der Waals surface area contributed by atoms with Crippen LogP contribution in [-0.4, -0.2) is 40.1 Å². The van der Waals surface area contributed by atoms with Gasteiger partial charge in [-0.15, -0.1) is 0 Å². The maximum Gasteiger partial charge on any atom is 0.0958 e. The smallest absolute Gasteiger partial charge is 0.0958 e. The fourth-order valence-electron chi connectivity index (χ4n) is 4.68. The molecule has 1 aliphatic rings. The van der Waals surface area contributed by atoms with Gasteiger partial charge < -0.3 is 5.11 Å². The van der Waals surface area contributed by atoms with Gasteiger partial charge in [0.2, 0.25) is 0 Å². The van der Waals surface area contributed by atoms with Crippen molar-refractivity contribution in [1.82, 2.24) is 29.4 Å². The van der Waals surface area contributed by atoms with Crippen LogP contribution >= 0.6 is 0 Å². The maximum atomic E-state index is 10.0. The summed E-state index contributed by atoms with van der Waals surface area (Å²) in [6.07, 6.45) is 14.9. The van der Waals surface area contributed by atoms with Crippen LogP contribution in [0, 0.1) is 17.2 Å². The highest BCUT2D eigenvalue weighted by Crippen LogP contribution is 2.38. The van der Waals surface area contributed by atoms with E-state index >= 15 is 0 Å². The number of nitriles is 1. The number of hydrogen-bond donors (Lipinski definition) is 1. The zero-order chi connectivity index (χ0) is 23.0. The Morgan fingerprint density at radius 3 is 2.58 bits per heavy atom. The number of aromatic nitrogens is 6. The molecule has 4 aromatic rings. The Morgan fingerprint density at radius 2 is 1.88 bits per heavy atom. The molecule has 1 saturated carbocycles. The minimum absolute atomic E-state index is 0.162. The predicted molar refractivity (Wildman–Crippen MR) is 124 cm³/mol. The molecule has 0 aliphatic heterocycles. The van der Waals surface area contributed by atoms with E-state index in [9.17, 15) is 10.4 Å². The molecule has 5 rings (SSSR count). The second kappa shape index (κ2) is 8.41. The Kier molecular flexibility index (Phi) is 5.43. The van der Waals surface area contributed by atoms with Gasteiger partial charge in [0.05, 0.1) is 47.5 Å². The van der Waals surface area contributed by atoms with Crippen LogP contribution in [0.2, 0.25) is 0 Å². The first kappa shape index (κ1) is 21.3. The van der Waals surface area contributed by atoms with E-state index in [1.165, 1.54) is 0 Å². The van der Waals surface area contributed by atoms with Crippen LogP contribution in [0.1, 0.15) is 51.1 Å². The monoisotopic (exact) mass is 441 g/mol. The largest absolute Gasteiger partial charge is 0.389 e. The second-order valence-electron chi connectivity index (χ2n) is 9.51. The van der Waals surface area contributed by atoms with Crippen molar-refractivity contribution >= 4 is 5.52 Å². The molecule has 4 heterocycles. The zero-order valence-corrected chi connectivity index (χ0v) is 18.9. The van der Waals surface area contributed by atoms with Crippen molar-refractivity contribution < 1.29 is 5.11 Å². The van der Waals surface area contributed by atoms with E-state index in [0.29, 0.717) is 12.5 Å². The first-order chi connectivity index (χ1) is 15.9. The summed E-state index contributed by atoms with van der Waals surface area (Å²) in [5, 5.41) is 28.2. The van der Waals surface area contributed by atoms with E-state index in [2.05, 4.69) is 27.3 Å². The summed E-state index contributed by atoms with van der Waals surface area (Å²) < 4.78 is 3.62. The number of aliphatic hydroxyl groups is 1. The third-order valence-corrected chi connectivity index (χ3v) is 6.31. The van der Waals surface area contributed by atoms with Crippen LogP contribution in [0.3, 0.4) is 0 Å². The third kappa shape index (κ3) is 4.37. The van der Waals surface area contributed by atoms with Crippen LogP contribution in [0.4, 0.5) is 0 Å². The first-order valence-electron chi connectivity index (χ1n) is 11.3. The highest BCUT2D eigenvalue weighted by atomic mass is 16.3. The molecule has 1 aliphatic carbocycles. The standard InChI is InChI=1S/C25H27N7O/c1-25(2,33)16-31-15-20(13-29-31)22-8-7-19(12-28-22)21-14-30-32-10-9-27-23(24(21)32)18-5-3-17(11-26)4-6-18/h7-10,12-15,17-18,33H,3-6,16H2,1-2H3/t17-,18+. The first-order valence-corrected chi connectivity index (χ1v) is 11.3. The van der Waals surface area contributed by atoms with Gasteiger partial charge in [0, 0.05) is 53.3 Å². The summed E-state index contributed by atoms with van der Waals surface area (Å²) in [7, 11) is 0. The Balaban J connectivity index is 1.44. The van der Waals surface area contributed by atoms with Crippen molar-refractivity contribution in [3.63, 3.8) is 0 Å². The Morgan fingerprint density at radius 1 is 1.06 bits per heavy atom. The number of rotatable bonds is 5. The highest BCUT2D eigenvalue weighted by Gasteiger charge is 2.26. The summed E-state index contributed by atoms with van der Waals surface area (Å²) >= 11 is 0. The van der Waals surface area contributed by atoms with Crippen LogP contribution in [0.25, 0.3) is 27.9 Å². The van der Waals surface area contributed by atoms with Crippen molar-refractivity contribution in [2.75, 3.05) is 0 Å². The lowest BCUT2D eigenvalue weighted by molar-refractivity contribution is 0.0577. The third-order valence-electron chi connectivity index (χ3n) is 6.31. The number of nitrogens with zero attached hydrogens (tertiary/aromatic N) is 7. The molecule has 0 amide bonds. The lowest BCUT2D eigenvalue weighted by Crippen LogP contribution is -2.26. The van der Waals surface area contributed by atoms with Crippen molar-refractivity contribution in [3.8, 4) is 28.5 Å². The Hall–Kier alpha value is -3.57. The predicted octanol–water partition coefficient (Wildman–Crippen LogP) is 4.22. The van der Waals surface area contributed by atoms with Gasteiger partial charge in [-0.05, 0) is 45.6 Å². The number of fused-ring (bicyclic) bond motifs is 1. The average Bonchev–Trinajstić information content (AvgIpc) is 3.45. The topological polar surface area (TPSA) is 105 Å². The van der Waals surface area contributed by atoms with Gasteiger partial charge >= 0.3 is 0 Å². The Labute approximate surface area is 192 Å². The molecule has 168 valence electrons. The normalized spacial score (nSPS) is 19.0. The van der Waals surface area contributed by atoms with Crippen molar-refractivity contribution in [2.45, 2.75) is 57.6 Å². The molecule has 0 unspecified atom stereocenters. The molecule has 8 nitrogen and oxygen atoms in total. The van der Waals surface area contributed by atoms with Crippen molar-refractivity contribution in [1.29, 1.82) is 5.26 Å². The summed E-state index contributed by atoms with van der Waals surface area (Å²) in [6, 6.07) is 6.45. The van der Waals surface area contributed by atoms with Crippen LogP contribution < -0.4 is 0 Å². The SMILES string of the molecule is CC(C)(O)Cn1cc(-c2ccc(-c3cnn4ccnc([C@H]5CC[C@@H](C#N)CC5)c34)cn2)cn1. The van der Waals surface area contributed by atoms with Crippen LogP contribution in [0.5, 0.6) is 0 Å². The van der Waals surface area contributed by atoms with E-state index < -0.39 is 5.60 Å². The number of pyridine rings is 1. The quantitative estimate of drug-likeness (QED) is 0.497. The molecular formula is C25H27N7O. The lowest BCUT2D eigenvalue weighted by Gasteiger charge is -2.24. The molecule has 0 saturated heterocycles. The number of hydrogen-bond acceptors (Lipinski definition) is 6. The van der Waals surface area contributed by atoms with Crippen molar-refractivity contribution in [3.05, 3.63) is 55.0 Å². The van der Waals surface area contributed by atoms with Gasteiger partial charge in [-0.2, -0.15) is 15.5 Å². The van der Waals surface area contributed by atoms with Gasteiger partial charge in [-0.3, -0.25) is 14.6 Å². The molecule has 0 bridgehead atoms. The zero-order valence-electron chi connectivity index (χ0n) is 18.9. The van der Waals surface area contributed by atoms with Gasteiger partial charge in [0.15, 0.2) is 0 Å². The van der Waals surface area contributed by atoms with E-state index in [1.54, 1.807) is 24.7 Å². The fraction of sp³-hybridized carbons (Fsp3) is 0.400. The van der Waals surface area contributed by atoms with Gasteiger partial charge in [0.25, 0.3) is 0 Å². The highest BCUT2D eigenvalue weighted by molar-refractivity contribution is 5.82. The summed E-state index contributed by atoms with van der Waals surface area (Å²) in [6.45, 7) is 3.94. The van der Waals surface area contributed by atoms with Crippen molar-refractivity contribution in [2.24, 2.45) is 5.92 Å². The molecular weight excluding hydrogens is 414 g/mol. The minimum atomic E-state index is -0.830. The second-order valence-corrected chi connectivity index (χ2v) is 9.51. The molecule has 4 aromatic heterocycles. The van der Waals surface area contributed by atoms with Gasteiger partial charge in [-0.1, -0.05) is 6.07 Å². The van der Waals surface area contributed by atoms with E-state index in [0.717, 1.165) is 59.3 Å². The van der Waals surface area contributed by atoms with E-state index in [4.69, 9.17) is 4.98 Å². The molecule has 0 radical (unpaired) electrons. The summed E-state index contributed by atoms with van der Waals surface area (Å²) in [5.74, 6) is 0.498. The maximum absolute atomic E-state index is 10.0. The molecule has 0 atom stereocenters. The molecule has 8 heteroatoms. The van der Waals surface area contributed by atoms with Crippen LogP contribution in [-0.2, 0) is 6.54 Å². The molecule has 0 aromatic carbocycles. The molecule has 1 N–H and O–H groups in total.